The molecule has 0 amide bonds. The van der Waals surface area contributed by atoms with Crippen molar-refractivity contribution in [1.29, 1.82) is 0 Å². The van der Waals surface area contributed by atoms with Crippen LogP contribution in [0.4, 0.5) is 0 Å². The van der Waals surface area contributed by atoms with Crippen LogP contribution in [-0.4, -0.2) is 22.3 Å². The van der Waals surface area contributed by atoms with Crippen LogP contribution in [0.5, 0.6) is 5.75 Å². The monoisotopic (exact) mass is 187 g/mol. The van der Waals surface area contributed by atoms with Crippen molar-refractivity contribution >= 4 is 0 Å². The molecule has 0 bridgehead atoms. The van der Waals surface area contributed by atoms with E-state index in [4.69, 9.17) is 4.74 Å². The van der Waals surface area contributed by atoms with Gasteiger partial charge in [0.15, 0.2) is 0 Å². The summed E-state index contributed by atoms with van der Waals surface area (Å²) in [6.07, 6.45) is 5.01. The SMILES string of the molecule is COc1cccnc1-c1ccnnc1. The van der Waals surface area contributed by atoms with E-state index in [1.54, 1.807) is 25.7 Å². The van der Waals surface area contributed by atoms with Gasteiger partial charge in [-0.15, -0.1) is 0 Å². The quantitative estimate of drug-likeness (QED) is 0.715. The zero-order chi connectivity index (χ0) is 9.80. The second kappa shape index (κ2) is 3.83. The van der Waals surface area contributed by atoms with E-state index in [0.717, 1.165) is 17.0 Å². The molecule has 0 unspecified atom stereocenters. The van der Waals surface area contributed by atoms with Crippen LogP contribution >= 0.6 is 0 Å². The van der Waals surface area contributed by atoms with Crippen molar-refractivity contribution in [2.45, 2.75) is 0 Å². The summed E-state index contributed by atoms with van der Waals surface area (Å²) in [5, 5.41) is 7.50. The molecule has 0 saturated carbocycles. The van der Waals surface area contributed by atoms with Gasteiger partial charge in [-0.25, -0.2) is 0 Å². The van der Waals surface area contributed by atoms with Crippen LogP contribution in [0.25, 0.3) is 11.3 Å². The van der Waals surface area contributed by atoms with Gasteiger partial charge < -0.3 is 4.74 Å². The molecule has 4 heteroatoms. The van der Waals surface area contributed by atoms with Crippen LogP contribution in [0.2, 0.25) is 0 Å². The Labute approximate surface area is 81.6 Å². The zero-order valence-electron chi connectivity index (χ0n) is 7.71. The molecule has 2 heterocycles. The number of nitrogens with zero attached hydrogens (tertiary/aromatic N) is 3. The maximum Gasteiger partial charge on any atom is 0.145 e. The van der Waals surface area contributed by atoms with Crippen molar-refractivity contribution in [3.05, 3.63) is 36.8 Å². The number of ether oxygens (including phenoxy) is 1. The molecule has 0 radical (unpaired) electrons. The van der Waals surface area contributed by atoms with Gasteiger partial charge in [0.2, 0.25) is 0 Å². The number of rotatable bonds is 2. The highest BCUT2D eigenvalue weighted by Crippen LogP contribution is 2.25. The van der Waals surface area contributed by atoms with Gasteiger partial charge in [-0.3, -0.25) is 4.98 Å². The minimum Gasteiger partial charge on any atom is -0.494 e. The Bertz CT molecular complexity index is 417. The summed E-state index contributed by atoms with van der Waals surface area (Å²) in [5.74, 6) is 0.737. The molecular weight excluding hydrogens is 178 g/mol. The first-order valence-electron chi connectivity index (χ1n) is 4.18. The lowest BCUT2D eigenvalue weighted by molar-refractivity contribution is 0.415. The molecule has 0 N–H and O–H groups in total. The van der Waals surface area contributed by atoms with Crippen LogP contribution in [0.15, 0.2) is 36.8 Å². The topological polar surface area (TPSA) is 47.9 Å². The Morgan fingerprint density at radius 3 is 2.79 bits per heavy atom. The standard InChI is InChI=1S/C10H9N3O/c1-14-9-3-2-5-11-10(9)8-4-6-12-13-7-8/h2-7H,1H3. The van der Waals surface area contributed by atoms with E-state index in [-0.39, 0.29) is 0 Å². The predicted molar refractivity (Wildman–Crippen MR) is 51.8 cm³/mol. The summed E-state index contributed by atoms with van der Waals surface area (Å²) in [4.78, 5) is 4.23. The van der Waals surface area contributed by atoms with E-state index in [1.807, 2.05) is 18.2 Å². The van der Waals surface area contributed by atoms with Crippen molar-refractivity contribution in [2.24, 2.45) is 0 Å². The van der Waals surface area contributed by atoms with Gasteiger partial charge in [0.1, 0.15) is 11.4 Å². The normalized spacial score (nSPS) is 9.79. The molecule has 70 valence electrons. The first kappa shape index (κ1) is 8.62. The van der Waals surface area contributed by atoms with Crippen molar-refractivity contribution in [2.75, 3.05) is 7.11 Å². The van der Waals surface area contributed by atoms with E-state index in [1.165, 1.54) is 0 Å². The Balaban J connectivity index is 2.51. The molecule has 2 aromatic heterocycles. The van der Waals surface area contributed by atoms with E-state index in [2.05, 4.69) is 15.2 Å². The van der Waals surface area contributed by atoms with E-state index < -0.39 is 0 Å². The minimum absolute atomic E-state index is 0.737. The molecule has 0 fully saturated rings. The fourth-order valence-corrected chi connectivity index (χ4v) is 1.20. The van der Waals surface area contributed by atoms with Gasteiger partial charge in [0.05, 0.1) is 19.5 Å². The zero-order valence-corrected chi connectivity index (χ0v) is 7.71. The molecule has 0 aromatic carbocycles. The van der Waals surface area contributed by atoms with Crippen LogP contribution in [0.3, 0.4) is 0 Å². The molecule has 0 aliphatic rings. The summed E-state index contributed by atoms with van der Waals surface area (Å²) in [5.41, 5.74) is 1.68. The first-order chi connectivity index (χ1) is 6.92. The second-order valence-corrected chi connectivity index (χ2v) is 2.69. The van der Waals surface area contributed by atoms with Gasteiger partial charge >= 0.3 is 0 Å². The van der Waals surface area contributed by atoms with Crippen molar-refractivity contribution in [3.8, 4) is 17.0 Å². The highest BCUT2D eigenvalue weighted by atomic mass is 16.5. The summed E-state index contributed by atoms with van der Waals surface area (Å²) >= 11 is 0. The molecule has 2 rings (SSSR count). The molecule has 0 atom stereocenters. The Kier molecular flexibility index (Phi) is 2.36. The lowest BCUT2D eigenvalue weighted by Gasteiger charge is -2.05. The predicted octanol–water partition coefficient (Wildman–Crippen LogP) is 1.55. The maximum atomic E-state index is 5.19. The third-order valence-corrected chi connectivity index (χ3v) is 1.85. The van der Waals surface area contributed by atoms with Crippen LogP contribution in [0, 0.1) is 0 Å². The third kappa shape index (κ3) is 1.54. The largest absolute Gasteiger partial charge is 0.494 e. The average molecular weight is 187 g/mol. The van der Waals surface area contributed by atoms with Gasteiger partial charge in [0, 0.05) is 11.8 Å². The van der Waals surface area contributed by atoms with Crippen molar-refractivity contribution in [3.63, 3.8) is 0 Å². The molecule has 0 spiro atoms. The van der Waals surface area contributed by atoms with E-state index in [9.17, 15) is 0 Å². The number of pyridine rings is 1. The smallest absolute Gasteiger partial charge is 0.145 e. The highest BCUT2D eigenvalue weighted by molar-refractivity contribution is 5.64. The van der Waals surface area contributed by atoms with Crippen molar-refractivity contribution in [1.82, 2.24) is 15.2 Å². The van der Waals surface area contributed by atoms with Gasteiger partial charge in [-0.05, 0) is 18.2 Å². The summed E-state index contributed by atoms with van der Waals surface area (Å²) in [6, 6.07) is 5.54. The number of hydrogen-bond acceptors (Lipinski definition) is 4. The summed E-state index contributed by atoms with van der Waals surface area (Å²) in [6.45, 7) is 0. The molecule has 14 heavy (non-hydrogen) atoms. The van der Waals surface area contributed by atoms with E-state index >= 15 is 0 Å². The molecule has 0 aliphatic heterocycles. The first-order valence-corrected chi connectivity index (χ1v) is 4.18. The van der Waals surface area contributed by atoms with E-state index in [0.29, 0.717) is 0 Å². The van der Waals surface area contributed by atoms with Crippen molar-refractivity contribution < 1.29 is 4.74 Å². The van der Waals surface area contributed by atoms with Crippen LogP contribution in [0.1, 0.15) is 0 Å². The van der Waals surface area contributed by atoms with Crippen LogP contribution < -0.4 is 4.74 Å². The average Bonchev–Trinajstić information content (AvgIpc) is 2.30. The molecule has 0 aliphatic carbocycles. The Morgan fingerprint density at radius 1 is 1.14 bits per heavy atom. The van der Waals surface area contributed by atoms with Gasteiger partial charge in [0.25, 0.3) is 0 Å². The molecule has 0 saturated heterocycles. The number of hydrogen-bond donors (Lipinski definition) is 0. The fraction of sp³-hybridized carbons (Fsp3) is 0.100. The second-order valence-electron chi connectivity index (χ2n) is 2.69. The fourth-order valence-electron chi connectivity index (χ4n) is 1.20. The molecule has 4 nitrogen and oxygen atoms in total. The van der Waals surface area contributed by atoms with Gasteiger partial charge in [-0.2, -0.15) is 10.2 Å². The molecule has 2 aromatic rings. The summed E-state index contributed by atoms with van der Waals surface area (Å²) in [7, 11) is 1.62. The number of methoxy groups -OCH3 is 1. The minimum atomic E-state index is 0.737. The number of aromatic nitrogens is 3. The third-order valence-electron chi connectivity index (χ3n) is 1.85. The highest BCUT2D eigenvalue weighted by Gasteiger charge is 2.05. The van der Waals surface area contributed by atoms with Crippen LogP contribution in [-0.2, 0) is 0 Å². The lowest BCUT2D eigenvalue weighted by atomic mass is 10.2. The Hall–Kier alpha value is -1.97. The molecular formula is C10H9N3O. The Morgan fingerprint density at radius 2 is 2.07 bits per heavy atom. The van der Waals surface area contributed by atoms with Gasteiger partial charge in [-0.1, -0.05) is 0 Å². The maximum absolute atomic E-state index is 5.19. The summed E-state index contributed by atoms with van der Waals surface area (Å²) < 4.78 is 5.19. The lowest BCUT2D eigenvalue weighted by Crippen LogP contribution is -1.91.